The predicted octanol–water partition coefficient (Wildman–Crippen LogP) is 4.41. The van der Waals surface area contributed by atoms with Crippen LogP contribution in [-0.4, -0.2) is 29.2 Å². The summed E-state index contributed by atoms with van der Waals surface area (Å²) in [6.07, 6.45) is 6.88. The zero-order valence-corrected chi connectivity index (χ0v) is 17.5. The molecule has 0 fully saturated rings. The number of nitrogens with two attached hydrogens (primary N) is 1. The molecule has 3 rings (SSSR count). The number of carbonyl (C=O) groups is 1. The molecule has 10 heteroatoms. The maximum Gasteiger partial charge on any atom is 0.261 e. The molecular formula is C22H18ClFN6O2. The number of carbonyl (C=O) groups excluding carboxylic acids is 1. The zero-order valence-electron chi connectivity index (χ0n) is 16.8. The second-order valence-corrected chi connectivity index (χ2v) is 7.30. The molecule has 0 spiro atoms. The monoisotopic (exact) mass is 452 g/mol. The number of terminal acetylenes is 1. The lowest BCUT2D eigenvalue weighted by Crippen LogP contribution is -2.37. The summed E-state index contributed by atoms with van der Waals surface area (Å²) in [5.74, 6) is 0.344. The van der Waals surface area contributed by atoms with Crippen molar-refractivity contribution in [1.82, 2.24) is 5.32 Å². The van der Waals surface area contributed by atoms with E-state index in [9.17, 15) is 14.3 Å². The number of benzene rings is 2. The van der Waals surface area contributed by atoms with Crippen LogP contribution in [0.4, 0.5) is 10.1 Å². The second kappa shape index (κ2) is 9.46. The Bertz CT molecular complexity index is 1210. The number of hydrogen-bond donors (Lipinski definition) is 3. The topological polar surface area (TPSA) is 117 Å². The molecule has 2 aromatic carbocycles. The molecule has 162 valence electrons. The Morgan fingerprint density at radius 1 is 1.38 bits per heavy atom. The molecule has 0 radical (unpaired) electrons. The minimum absolute atomic E-state index is 0.00312. The Hall–Kier alpha value is -3.95. The van der Waals surface area contributed by atoms with Crippen molar-refractivity contribution >= 4 is 29.2 Å². The Kier molecular flexibility index (Phi) is 6.72. The normalized spacial score (nSPS) is 13.8. The molecule has 1 heterocycles. The average molecular weight is 453 g/mol. The largest absolute Gasteiger partial charge is 0.507 e. The first-order chi connectivity index (χ1) is 15.3. The third kappa shape index (κ3) is 4.85. The fourth-order valence-electron chi connectivity index (χ4n) is 3.12. The lowest BCUT2D eigenvalue weighted by molar-refractivity contribution is 0.0974. The summed E-state index contributed by atoms with van der Waals surface area (Å²) in [7, 11) is 0. The van der Waals surface area contributed by atoms with Crippen molar-refractivity contribution in [3.8, 4) is 29.2 Å². The minimum atomic E-state index is -0.826. The number of nitrogens with zero attached hydrogens (tertiary/aromatic N) is 4. The van der Waals surface area contributed by atoms with Crippen molar-refractivity contribution in [2.45, 2.75) is 24.9 Å². The molecule has 2 aromatic rings. The highest BCUT2D eigenvalue weighted by molar-refractivity contribution is 6.34. The minimum Gasteiger partial charge on any atom is -0.507 e. The van der Waals surface area contributed by atoms with Crippen molar-refractivity contribution in [3.63, 3.8) is 0 Å². The molecule has 0 saturated carbocycles. The van der Waals surface area contributed by atoms with Gasteiger partial charge in [-0.3, -0.25) is 15.1 Å². The number of amides is 1. The van der Waals surface area contributed by atoms with E-state index in [1.54, 1.807) is 0 Å². The van der Waals surface area contributed by atoms with Gasteiger partial charge in [0.1, 0.15) is 11.6 Å². The summed E-state index contributed by atoms with van der Waals surface area (Å²) in [6, 6.07) is 6.48. The van der Waals surface area contributed by atoms with E-state index in [4.69, 9.17) is 30.3 Å². The number of aliphatic imine (C=N–C) groups is 1. The smallest absolute Gasteiger partial charge is 0.261 e. The van der Waals surface area contributed by atoms with Crippen LogP contribution in [0.3, 0.4) is 0 Å². The second-order valence-electron chi connectivity index (χ2n) is 6.92. The first-order valence-corrected chi connectivity index (χ1v) is 9.86. The zero-order chi connectivity index (χ0) is 23.3. The van der Waals surface area contributed by atoms with Gasteiger partial charge >= 0.3 is 0 Å². The molecule has 1 amide bonds. The lowest BCUT2D eigenvalue weighted by Gasteiger charge is -2.15. The number of guanidine groups is 1. The molecule has 0 unspecified atom stereocenters. The van der Waals surface area contributed by atoms with Gasteiger partial charge in [-0.25, -0.2) is 9.24 Å². The average Bonchev–Trinajstić information content (AvgIpc) is 3.53. The van der Waals surface area contributed by atoms with Crippen LogP contribution < -0.4 is 11.1 Å². The molecule has 1 aliphatic rings. The van der Waals surface area contributed by atoms with Gasteiger partial charge < -0.3 is 10.8 Å². The molecule has 8 nitrogen and oxygen atoms in total. The van der Waals surface area contributed by atoms with E-state index in [1.807, 2.05) is 0 Å². The number of rotatable bonds is 7. The number of aromatic hydroxyl groups is 1. The van der Waals surface area contributed by atoms with Crippen molar-refractivity contribution in [3.05, 3.63) is 58.2 Å². The predicted molar refractivity (Wildman–Crippen MR) is 119 cm³/mol. The van der Waals surface area contributed by atoms with E-state index in [2.05, 4.69) is 31.3 Å². The van der Waals surface area contributed by atoms with E-state index >= 15 is 0 Å². The Morgan fingerprint density at radius 2 is 2.12 bits per heavy atom. The number of phenolic OH excluding ortho intramolecular Hbond substituents is 1. The van der Waals surface area contributed by atoms with Gasteiger partial charge in [0.05, 0.1) is 17.2 Å². The van der Waals surface area contributed by atoms with Crippen LogP contribution in [-0.2, 0) is 0 Å². The van der Waals surface area contributed by atoms with E-state index in [1.165, 1.54) is 24.3 Å². The molecule has 0 aliphatic carbocycles. The quantitative estimate of drug-likeness (QED) is 0.250. The van der Waals surface area contributed by atoms with Crippen molar-refractivity contribution in [2.24, 2.45) is 21.0 Å². The molecule has 32 heavy (non-hydrogen) atoms. The molecule has 1 aliphatic heterocycles. The van der Waals surface area contributed by atoms with Crippen LogP contribution in [0.1, 0.15) is 29.6 Å². The molecule has 4 N–H and O–H groups in total. The van der Waals surface area contributed by atoms with Crippen LogP contribution in [0.25, 0.3) is 16.0 Å². The molecular weight excluding hydrogens is 435 g/mol. The standard InChI is InChI=1S/C22H18ClFN6O2/c1-3-4-10-22(29-30-22)11-12-27-21(25)28-20(32)18-16(31)9-8-15(26-2)17(18)13-6-5-7-14(24)19(13)23/h1,5-9,31H,4,10-12H2,(H3,25,27,28,32). The van der Waals surface area contributed by atoms with Gasteiger partial charge in [0.15, 0.2) is 17.3 Å². The maximum atomic E-state index is 14.0. The van der Waals surface area contributed by atoms with E-state index < -0.39 is 23.1 Å². The first-order valence-electron chi connectivity index (χ1n) is 9.48. The van der Waals surface area contributed by atoms with E-state index in [0.717, 1.165) is 6.07 Å². The van der Waals surface area contributed by atoms with Crippen molar-refractivity contribution in [1.29, 1.82) is 0 Å². The molecule has 0 aromatic heterocycles. The molecule has 0 bridgehead atoms. The van der Waals surface area contributed by atoms with Gasteiger partial charge in [0, 0.05) is 31.4 Å². The van der Waals surface area contributed by atoms with Crippen LogP contribution in [0.15, 0.2) is 45.6 Å². The van der Waals surface area contributed by atoms with Gasteiger partial charge in [-0.2, -0.15) is 10.2 Å². The Labute approximate surface area is 188 Å². The number of halogens is 2. The fraction of sp³-hybridized carbons (Fsp3) is 0.227. The van der Waals surface area contributed by atoms with E-state index in [0.29, 0.717) is 19.3 Å². The first kappa shape index (κ1) is 22.7. The summed E-state index contributed by atoms with van der Waals surface area (Å²) in [6.45, 7) is 7.64. The highest BCUT2D eigenvalue weighted by atomic mass is 35.5. The number of hydrogen-bond acceptors (Lipinski definition) is 5. The third-order valence-corrected chi connectivity index (χ3v) is 5.20. The highest BCUT2D eigenvalue weighted by Crippen LogP contribution is 2.42. The SMILES string of the molecule is [C-]#[N+]c1ccc(O)c(C(=O)NC(N)=NCCC2(CCC#C)N=N2)c1-c1cccc(F)c1Cl. The van der Waals surface area contributed by atoms with Gasteiger partial charge in [-0.1, -0.05) is 29.8 Å². The van der Waals surface area contributed by atoms with Gasteiger partial charge in [-0.05, 0) is 17.7 Å². The summed E-state index contributed by atoms with van der Waals surface area (Å²) >= 11 is 6.08. The molecule has 0 atom stereocenters. The number of nitrogens with one attached hydrogen (secondary N) is 1. The van der Waals surface area contributed by atoms with Crippen LogP contribution >= 0.6 is 11.6 Å². The summed E-state index contributed by atoms with van der Waals surface area (Å²) in [4.78, 5) is 20.4. The van der Waals surface area contributed by atoms with Crippen molar-refractivity contribution < 1.29 is 14.3 Å². The summed E-state index contributed by atoms with van der Waals surface area (Å²) in [5, 5.41) is 20.5. The van der Waals surface area contributed by atoms with Gasteiger partial charge in [0.25, 0.3) is 5.91 Å². The lowest BCUT2D eigenvalue weighted by atomic mass is 9.96. The van der Waals surface area contributed by atoms with Crippen molar-refractivity contribution in [2.75, 3.05) is 6.54 Å². The fourth-order valence-corrected chi connectivity index (χ4v) is 3.34. The third-order valence-electron chi connectivity index (χ3n) is 4.82. The van der Waals surface area contributed by atoms with E-state index in [-0.39, 0.29) is 39.9 Å². The van der Waals surface area contributed by atoms with Gasteiger partial charge in [0.2, 0.25) is 0 Å². The van der Waals surface area contributed by atoms with Crippen LogP contribution in [0, 0.1) is 24.7 Å². The molecule has 0 saturated heterocycles. The highest BCUT2D eigenvalue weighted by Gasteiger charge is 2.38. The van der Waals surface area contributed by atoms with Crippen LogP contribution in [0.2, 0.25) is 5.02 Å². The van der Waals surface area contributed by atoms with Crippen LogP contribution in [0.5, 0.6) is 5.75 Å². The van der Waals surface area contributed by atoms with Gasteiger partial charge in [-0.15, -0.1) is 12.3 Å². The number of phenols is 1. The Balaban J connectivity index is 1.85. The Morgan fingerprint density at radius 3 is 2.78 bits per heavy atom. The summed E-state index contributed by atoms with van der Waals surface area (Å²) < 4.78 is 14.0. The summed E-state index contributed by atoms with van der Waals surface area (Å²) in [5.41, 5.74) is 5.08. The maximum absolute atomic E-state index is 14.0.